The van der Waals surface area contributed by atoms with E-state index in [4.69, 9.17) is 4.74 Å². The van der Waals surface area contributed by atoms with E-state index in [1.54, 1.807) is 7.11 Å². The molecule has 0 aromatic carbocycles. The lowest BCUT2D eigenvalue weighted by Crippen LogP contribution is -2.23. The van der Waals surface area contributed by atoms with Gasteiger partial charge in [-0.15, -0.1) is 0 Å². The standard InChI is InChI=1S/C14H24O2/c1-14(2,16-3)11-10-13(15)12-8-6-4-5-7-9-12/h8H,4-7,9-11H2,1-3H3. The summed E-state index contributed by atoms with van der Waals surface area (Å²) in [5.41, 5.74) is 0.880. The Labute approximate surface area is 99.1 Å². The van der Waals surface area contributed by atoms with Gasteiger partial charge in [-0.05, 0) is 51.5 Å². The second-order valence-corrected chi connectivity index (χ2v) is 5.22. The molecule has 1 rings (SSSR count). The molecule has 1 aliphatic rings. The average molecular weight is 224 g/mol. The van der Waals surface area contributed by atoms with Gasteiger partial charge in [-0.2, -0.15) is 0 Å². The first-order chi connectivity index (χ1) is 7.55. The first-order valence-electron chi connectivity index (χ1n) is 6.32. The Bertz CT molecular complexity index is 264. The topological polar surface area (TPSA) is 26.3 Å². The van der Waals surface area contributed by atoms with Crippen molar-refractivity contribution in [3.05, 3.63) is 11.6 Å². The number of Topliss-reactive ketones (excluding diaryl/α,β-unsaturated/α-hetero) is 1. The SMILES string of the molecule is COC(C)(C)CCC(=O)C1=CCCCCC1. The first kappa shape index (κ1) is 13.4. The number of methoxy groups -OCH3 is 1. The highest BCUT2D eigenvalue weighted by Crippen LogP contribution is 2.22. The van der Waals surface area contributed by atoms with E-state index in [2.05, 4.69) is 6.08 Å². The molecule has 0 unspecified atom stereocenters. The highest BCUT2D eigenvalue weighted by Gasteiger charge is 2.19. The van der Waals surface area contributed by atoms with Crippen LogP contribution in [0.1, 0.15) is 58.8 Å². The van der Waals surface area contributed by atoms with Crippen LogP contribution < -0.4 is 0 Å². The lowest BCUT2D eigenvalue weighted by molar-refractivity contribution is -0.117. The molecule has 0 fully saturated rings. The smallest absolute Gasteiger partial charge is 0.158 e. The maximum Gasteiger partial charge on any atom is 0.158 e. The monoisotopic (exact) mass is 224 g/mol. The Balaban J connectivity index is 2.42. The fourth-order valence-electron chi connectivity index (χ4n) is 1.95. The van der Waals surface area contributed by atoms with Crippen LogP contribution >= 0.6 is 0 Å². The van der Waals surface area contributed by atoms with Gasteiger partial charge in [0.2, 0.25) is 0 Å². The van der Waals surface area contributed by atoms with Crippen molar-refractivity contribution >= 4 is 5.78 Å². The van der Waals surface area contributed by atoms with Crippen LogP contribution in [-0.2, 0) is 9.53 Å². The van der Waals surface area contributed by atoms with Crippen molar-refractivity contribution in [2.24, 2.45) is 0 Å². The molecule has 2 heteroatoms. The molecule has 0 saturated heterocycles. The lowest BCUT2D eigenvalue weighted by atomic mass is 9.96. The Morgan fingerprint density at radius 1 is 1.38 bits per heavy atom. The molecule has 0 radical (unpaired) electrons. The van der Waals surface area contributed by atoms with Crippen LogP contribution in [0, 0.1) is 0 Å². The summed E-state index contributed by atoms with van der Waals surface area (Å²) < 4.78 is 5.33. The Morgan fingerprint density at radius 3 is 2.81 bits per heavy atom. The maximum absolute atomic E-state index is 12.0. The van der Waals surface area contributed by atoms with Gasteiger partial charge in [0.25, 0.3) is 0 Å². The summed E-state index contributed by atoms with van der Waals surface area (Å²) in [5, 5.41) is 0. The van der Waals surface area contributed by atoms with Crippen molar-refractivity contribution in [1.29, 1.82) is 0 Å². The molecule has 0 amide bonds. The third-order valence-electron chi connectivity index (χ3n) is 3.41. The van der Waals surface area contributed by atoms with Gasteiger partial charge in [-0.25, -0.2) is 0 Å². The minimum atomic E-state index is -0.180. The van der Waals surface area contributed by atoms with E-state index < -0.39 is 0 Å². The van der Waals surface area contributed by atoms with Gasteiger partial charge in [0.15, 0.2) is 5.78 Å². The molecule has 0 heterocycles. The number of carbonyl (C=O) groups excluding carboxylic acids is 1. The molecule has 92 valence electrons. The van der Waals surface area contributed by atoms with Crippen molar-refractivity contribution in [2.45, 2.75) is 64.4 Å². The predicted molar refractivity (Wildman–Crippen MR) is 66.5 cm³/mol. The molecule has 0 N–H and O–H groups in total. The highest BCUT2D eigenvalue weighted by atomic mass is 16.5. The van der Waals surface area contributed by atoms with Crippen LogP contribution in [0.3, 0.4) is 0 Å². The third-order valence-corrected chi connectivity index (χ3v) is 3.41. The predicted octanol–water partition coefficient (Wildman–Crippen LogP) is 3.65. The molecule has 0 spiro atoms. The largest absolute Gasteiger partial charge is 0.379 e. The van der Waals surface area contributed by atoms with E-state index in [1.165, 1.54) is 19.3 Å². The van der Waals surface area contributed by atoms with E-state index in [9.17, 15) is 4.79 Å². The summed E-state index contributed by atoms with van der Waals surface area (Å²) in [6, 6.07) is 0. The zero-order valence-electron chi connectivity index (χ0n) is 10.8. The van der Waals surface area contributed by atoms with Gasteiger partial charge in [-0.3, -0.25) is 4.79 Å². The van der Waals surface area contributed by atoms with Crippen molar-refractivity contribution in [2.75, 3.05) is 7.11 Å². The Kier molecular flexibility index (Phi) is 5.20. The summed E-state index contributed by atoms with van der Waals surface area (Å²) in [6.45, 7) is 4.06. The number of allylic oxidation sites excluding steroid dienone is 2. The van der Waals surface area contributed by atoms with Crippen LogP contribution in [0.5, 0.6) is 0 Å². The second-order valence-electron chi connectivity index (χ2n) is 5.22. The number of ketones is 1. The summed E-state index contributed by atoms with van der Waals surface area (Å²) >= 11 is 0. The van der Waals surface area contributed by atoms with Gasteiger partial charge in [0.1, 0.15) is 0 Å². The fourth-order valence-corrected chi connectivity index (χ4v) is 1.95. The third kappa shape index (κ3) is 4.48. The van der Waals surface area contributed by atoms with E-state index in [0.717, 1.165) is 24.8 Å². The average Bonchev–Trinajstić information content (AvgIpc) is 2.54. The van der Waals surface area contributed by atoms with Crippen molar-refractivity contribution < 1.29 is 9.53 Å². The van der Waals surface area contributed by atoms with Gasteiger partial charge in [0, 0.05) is 13.5 Å². The van der Waals surface area contributed by atoms with Crippen LogP contribution in [0.4, 0.5) is 0 Å². The Morgan fingerprint density at radius 2 is 2.12 bits per heavy atom. The number of ether oxygens (including phenoxy) is 1. The molecule has 0 aliphatic heterocycles. The molecule has 0 saturated carbocycles. The number of hydrogen-bond donors (Lipinski definition) is 0. The summed E-state index contributed by atoms with van der Waals surface area (Å²) in [7, 11) is 1.70. The first-order valence-corrected chi connectivity index (χ1v) is 6.32. The molecule has 0 aromatic rings. The zero-order valence-corrected chi connectivity index (χ0v) is 10.8. The van der Waals surface area contributed by atoms with Gasteiger partial charge in [-0.1, -0.05) is 12.5 Å². The minimum Gasteiger partial charge on any atom is -0.379 e. The number of hydrogen-bond acceptors (Lipinski definition) is 2. The summed E-state index contributed by atoms with van der Waals surface area (Å²) in [6.07, 6.45) is 9.30. The van der Waals surface area contributed by atoms with E-state index in [1.807, 2.05) is 13.8 Å². The molecule has 2 nitrogen and oxygen atoms in total. The van der Waals surface area contributed by atoms with Gasteiger partial charge < -0.3 is 4.74 Å². The molecule has 0 bridgehead atoms. The van der Waals surface area contributed by atoms with E-state index >= 15 is 0 Å². The zero-order chi connectivity index (χ0) is 12.0. The van der Waals surface area contributed by atoms with Crippen LogP contribution in [0.25, 0.3) is 0 Å². The fraction of sp³-hybridized carbons (Fsp3) is 0.786. The number of rotatable bonds is 5. The normalized spacial score (nSPS) is 17.8. The van der Waals surface area contributed by atoms with Crippen LogP contribution in [0.2, 0.25) is 0 Å². The quantitative estimate of drug-likeness (QED) is 0.712. The molecular weight excluding hydrogens is 200 g/mol. The lowest BCUT2D eigenvalue weighted by Gasteiger charge is -2.22. The summed E-state index contributed by atoms with van der Waals surface area (Å²) in [4.78, 5) is 12.0. The van der Waals surface area contributed by atoms with Crippen LogP contribution in [0.15, 0.2) is 11.6 Å². The summed E-state index contributed by atoms with van der Waals surface area (Å²) in [5.74, 6) is 0.326. The number of carbonyl (C=O) groups is 1. The maximum atomic E-state index is 12.0. The van der Waals surface area contributed by atoms with E-state index in [-0.39, 0.29) is 5.60 Å². The molecule has 16 heavy (non-hydrogen) atoms. The van der Waals surface area contributed by atoms with Crippen molar-refractivity contribution in [1.82, 2.24) is 0 Å². The highest BCUT2D eigenvalue weighted by molar-refractivity contribution is 5.95. The molecule has 1 aliphatic carbocycles. The van der Waals surface area contributed by atoms with Crippen molar-refractivity contribution in [3.8, 4) is 0 Å². The van der Waals surface area contributed by atoms with Crippen molar-refractivity contribution in [3.63, 3.8) is 0 Å². The molecule has 0 atom stereocenters. The van der Waals surface area contributed by atoms with E-state index in [0.29, 0.717) is 12.2 Å². The van der Waals surface area contributed by atoms with Gasteiger partial charge in [0.05, 0.1) is 5.60 Å². The molecular formula is C14H24O2. The van der Waals surface area contributed by atoms with Crippen LogP contribution in [-0.4, -0.2) is 18.5 Å². The minimum absolute atomic E-state index is 0.180. The Hall–Kier alpha value is -0.630. The van der Waals surface area contributed by atoms with Gasteiger partial charge >= 0.3 is 0 Å². The second kappa shape index (κ2) is 6.19. The molecule has 0 aromatic heterocycles.